The minimum Gasteiger partial charge on any atom is -0.337 e. The molecule has 26 heavy (non-hydrogen) atoms. The van der Waals surface area contributed by atoms with Crippen molar-refractivity contribution in [1.29, 1.82) is 0 Å². The molecule has 3 aromatic rings. The highest BCUT2D eigenvalue weighted by atomic mass is 16.5. The molecule has 132 valence electrons. The van der Waals surface area contributed by atoms with Gasteiger partial charge in [0, 0.05) is 5.56 Å². The number of aromatic nitrogens is 2. The second-order valence-corrected chi connectivity index (χ2v) is 6.65. The predicted molar refractivity (Wildman–Crippen MR) is 96.2 cm³/mol. The van der Waals surface area contributed by atoms with E-state index in [0.717, 1.165) is 24.8 Å². The van der Waals surface area contributed by atoms with Crippen LogP contribution in [0, 0.1) is 0 Å². The maximum atomic E-state index is 12.6. The summed E-state index contributed by atoms with van der Waals surface area (Å²) < 4.78 is 5.48. The third-order valence-corrected chi connectivity index (χ3v) is 4.82. The Morgan fingerprint density at radius 1 is 1.08 bits per heavy atom. The standard InChI is InChI=1S/C20H20N4O2/c21-20(12-7-13-20)19-23-18(26-24-19)16(14-8-3-1-4-9-14)22-17(25)15-10-5-2-6-11-15/h1-6,8-11,16H,7,12-13,21H2,(H,22,25). The van der Waals surface area contributed by atoms with E-state index in [1.54, 1.807) is 12.1 Å². The van der Waals surface area contributed by atoms with Gasteiger partial charge in [0.25, 0.3) is 11.8 Å². The largest absolute Gasteiger partial charge is 0.337 e. The van der Waals surface area contributed by atoms with E-state index in [1.807, 2.05) is 48.5 Å². The SMILES string of the molecule is NC1(c2noc(C(NC(=O)c3ccccc3)c3ccccc3)n2)CCC1. The molecule has 2 aromatic carbocycles. The lowest BCUT2D eigenvalue weighted by molar-refractivity contribution is 0.0936. The summed E-state index contributed by atoms with van der Waals surface area (Å²) in [4.78, 5) is 17.2. The first-order valence-electron chi connectivity index (χ1n) is 8.69. The van der Waals surface area contributed by atoms with Gasteiger partial charge < -0.3 is 15.6 Å². The van der Waals surface area contributed by atoms with Gasteiger partial charge in [-0.3, -0.25) is 4.79 Å². The smallest absolute Gasteiger partial charge is 0.253 e. The van der Waals surface area contributed by atoms with E-state index in [-0.39, 0.29) is 5.91 Å². The molecule has 1 aliphatic carbocycles. The maximum Gasteiger partial charge on any atom is 0.253 e. The van der Waals surface area contributed by atoms with Crippen molar-refractivity contribution < 1.29 is 9.32 Å². The molecule has 1 amide bonds. The molecule has 1 heterocycles. The molecule has 0 aliphatic heterocycles. The fourth-order valence-electron chi connectivity index (χ4n) is 3.07. The molecule has 0 bridgehead atoms. The number of rotatable bonds is 5. The first-order chi connectivity index (χ1) is 12.7. The molecular formula is C20H20N4O2. The van der Waals surface area contributed by atoms with Crippen LogP contribution in [-0.4, -0.2) is 16.0 Å². The van der Waals surface area contributed by atoms with Gasteiger partial charge in [-0.2, -0.15) is 4.98 Å². The second-order valence-electron chi connectivity index (χ2n) is 6.65. The third-order valence-electron chi connectivity index (χ3n) is 4.82. The van der Waals surface area contributed by atoms with Crippen LogP contribution < -0.4 is 11.1 Å². The highest BCUT2D eigenvalue weighted by Crippen LogP contribution is 2.37. The van der Waals surface area contributed by atoms with Crippen molar-refractivity contribution in [2.75, 3.05) is 0 Å². The number of carbonyl (C=O) groups is 1. The van der Waals surface area contributed by atoms with Crippen LogP contribution in [0.1, 0.15) is 52.9 Å². The summed E-state index contributed by atoms with van der Waals surface area (Å²) in [6.07, 6.45) is 2.75. The second kappa shape index (κ2) is 6.72. The molecule has 0 saturated heterocycles. The van der Waals surface area contributed by atoms with Crippen molar-refractivity contribution in [1.82, 2.24) is 15.5 Å². The number of hydrogen-bond acceptors (Lipinski definition) is 5. The van der Waals surface area contributed by atoms with Gasteiger partial charge in [0.05, 0.1) is 5.54 Å². The first-order valence-corrected chi connectivity index (χ1v) is 8.69. The summed E-state index contributed by atoms with van der Waals surface area (Å²) in [5.74, 6) is 0.645. The Labute approximate surface area is 151 Å². The minimum absolute atomic E-state index is 0.203. The lowest BCUT2D eigenvalue weighted by Gasteiger charge is -2.34. The molecule has 1 unspecified atom stereocenters. The molecule has 3 N–H and O–H groups in total. The molecule has 1 saturated carbocycles. The Morgan fingerprint density at radius 3 is 2.35 bits per heavy atom. The summed E-state index contributed by atoms with van der Waals surface area (Å²) >= 11 is 0. The van der Waals surface area contributed by atoms with E-state index in [0.29, 0.717) is 17.3 Å². The topological polar surface area (TPSA) is 94.0 Å². The van der Waals surface area contributed by atoms with E-state index in [9.17, 15) is 4.79 Å². The first kappa shape index (κ1) is 16.5. The molecule has 0 radical (unpaired) electrons. The molecular weight excluding hydrogens is 328 g/mol. The molecule has 1 fully saturated rings. The van der Waals surface area contributed by atoms with Gasteiger partial charge in [0.15, 0.2) is 5.82 Å². The number of nitrogens with two attached hydrogens (primary N) is 1. The van der Waals surface area contributed by atoms with Crippen LogP contribution in [0.15, 0.2) is 65.2 Å². The number of benzene rings is 2. The van der Waals surface area contributed by atoms with Gasteiger partial charge in [-0.25, -0.2) is 0 Å². The quantitative estimate of drug-likeness (QED) is 0.739. The molecule has 6 heteroatoms. The van der Waals surface area contributed by atoms with Gasteiger partial charge in [-0.15, -0.1) is 0 Å². The molecule has 4 rings (SSSR count). The lowest BCUT2D eigenvalue weighted by Crippen LogP contribution is -2.44. The van der Waals surface area contributed by atoms with Crippen LogP contribution in [0.2, 0.25) is 0 Å². The normalized spacial score (nSPS) is 16.5. The van der Waals surface area contributed by atoms with Crippen molar-refractivity contribution in [3.8, 4) is 0 Å². The molecule has 1 atom stereocenters. The van der Waals surface area contributed by atoms with Gasteiger partial charge in [0.1, 0.15) is 6.04 Å². The molecule has 1 aliphatic rings. The van der Waals surface area contributed by atoms with Crippen LogP contribution in [0.4, 0.5) is 0 Å². The third kappa shape index (κ3) is 3.11. The minimum atomic E-state index is -0.533. The van der Waals surface area contributed by atoms with Crippen LogP contribution in [-0.2, 0) is 5.54 Å². The predicted octanol–water partition coefficient (Wildman–Crippen LogP) is 2.93. The highest BCUT2D eigenvalue weighted by molar-refractivity contribution is 5.94. The molecule has 0 spiro atoms. The van der Waals surface area contributed by atoms with Gasteiger partial charge in [-0.05, 0) is 37.0 Å². The number of hydrogen-bond donors (Lipinski definition) is 2. The summed E-state index contributed by atoms with van der Waals surface area (Å²) in [5, 5.41) is 7.06. The van der Waals surface area contributed by atoms with E-state index in [2.05, 4.69) is 15.5 Å². The molecule has 6 nitrogen and oxygen atoms in total. The van der Waals surface area contributed by atoms with Crippen LogP contribution in [0.3, 0.4) is 0 Å². The Kier molecular flexibility index (Phi) is 4.26. The van der Waals surface area contributed by atoms with Crippen molar-refractivity contribution in [2.24, 2.45) is 5.73 Å². The summed E-state index contributed by atoms with van der Waals surface area (Å²) in [7, 11) is 0. The van der Waals surface area contributed by atoms with Gasteiger partial charge in [-0.1, -0.05) is 53.7 Å². The van der Waals surface area contributed by atoms with Gasteiger partial charge in [0.2, 0.25) is 0 Å². The Morgan fingerprint density at radius 2 is 1.73 bits per heavy atom. The Bertz CT molecular complexity index is 888. The fourth-order valence-corrected chi connectivity index (χ4v) is 3.07. The van der Waals surface area contributed by atoms with E-state index in [4.69, 9.17) is 10.3 Å². The monoisotopic (exact) mass is 348 g/mol. The van der Waals surface area contributed by atoms with Crippen LogP contribution in [0.25, 0.3) is 0 Å². The maximum absolute atomic E-state index is 12.6. The zero-order valence-electron chi connectivity index (χ0n) is 14.3. The number of carbonyl (C=O) groups excluding carboxylic acids is 1. The van der Waals surface area contributed by atoms with Crippen molar-refractivity contribution >= 4 is 5.91 Å². The molecule has 1 aromatic heterocycles. The number of nitrogens with one attached hydrogen (secondary N) is 1. The van der Waals surface area contributed by atoms with Crippen LogP contribution >= 0.6 is 0 Å². The lowest BCUT2D eigenvalue weighted by atomic mass is 9.77. The van der Waals surface area contributed by atoms with Crippen LogP contribution in [0.5, 0.6) is 0 Å². The highest BCUT2D eigenvalue weighted by Gasteiger charge is 2.39. The zero-order valence-corrected chi connectivity index (χ0v) is 14.3. The summed E-state index contributed by atoms with van der Waals surface area (Å²) in [6, 6.07) is 18.1. The number of nitrogens with zero attached hydrogens (tertiary/aromatic N) is 2. The van der Waals surface area contributed by atoms with Gasteiger partial charge >= 0.3 is 0 Å². The van der Waals surface area contributed by atoms with E-state index >= 15 is 0 Å². The number of amides is 1. The summed E-state index contributed by atoms with van der Waals surface area (Å²) in [5.41, 5.74) is 7.23. The Hall–Kier alpha value is -2.99. The summed E-state index contributed by atoms with van der Waals surface area (Å²) in [6.45, 7) is 0. The van der Waals surface area contributed by atoms with E-state index < -0.39 is 11.6 Å². The zero-order chi connectivity index (χ0) is 18.0. The van der Waals surface area contributed by atoms with Crippen molar-refractivity contribution in [2.45, 2.75) is 30.8 Å². The van der Waals surface area contributed by atoms with E-state index in [1.165, 1.54) is 0 Å². The Balaban J connectivity index is 1.65. The average molecular weight is 348 g/mol. The van der Waals surface area contributed by atoms with Crippen molar-refractivity contribution in [3.05, 3.63) is 83.5 Å². The average Bonchev–Trinajstić information content (AvgIpc) is 3.15. The van der Waals surface area contributed by atoms with Crippen molar-refractivity contribution in [3.63, 3.8) is 0 Å². The fraction of sp³-hybridized carbons (Fsp3) is 0.250.